The molecule has 1 radical (unpaired) electrons. The molecule has 2 amide bonds. The molecule has 0 aromatic heterocycles. The molecule has 10 heteroatoms. The van der Waals surface area contributed by atoms with Crippen LogP contribution in [0.2, 0.25) is 0 Å². The van der Waals surface area contributed by atoms with Crippen LogP contribution in [0.25, 0.3) is 0 Å². The third kappa shape index (κ3) is 4.50. The number of hydrogen-bond acceptors (Lipinski definition) is 5. The van der Waals surface area contributed by atoms with Crippen molar-refractivity contribution in [2.24, 2.45) is 5.92 Å². The number of nitrogens with one attached hydrogen (secondary N) is 1. The zero-order valence-corrected chi connectivity index (χ0v) is 22.4. The number of ether oxygens (including phenoxy) is 2. The molecule has 1 N–H and O–H groups in total. The van der Waals surface area contributed by atoms with Gasteiger partial charge in [-0.15, -0.1) is 0 Å². The van der Waals surface area contributed by atoms with Crippen LogP contribution in [0.1, 0.15) is 48.0 Å². The number of benzene rings is 1. The third-order valence-electron chi connectivity index (χ3n) is 7.39. The number of allylic oxidation sites excluding steroid dienone is 3. The minimum atomic E-state index is -0.985. The van der Waals surface area contributed by atoms with Gasteiger partial charge in [0.25, 0.3) is 0 Å². The second-order valence-electron chi connectivity index (χ2n) is 9.41. The van der Waals surface area contributed by atoms with E-state index in [0.29, 0.717) is 71.7 Å². The van der Waals surface area contributed by atoms with Crippen molar-refractivity contribution in [3.63, 3.8) is 0 Å². The molecule has 2 unspecified atom stereocenters. The Balaban J connectivity index is 1.26. The molecule has 3 fully saturated rings. The van der Waals surface area contributed by atoms with E-state index in [2.05, 4.69) is 0 Å². The summed E-state index contributed by atoms with van der Waals surface area (Å²) in [7, 11) is 0. The minimum absolute atomic E-state index is 0.0903. The molecular formula is C25H25F2InN3O4. The molecule has 1 aliphatic carbocycles. The Labute approximate surface area is 216 Å². The summed E-state index contributed by atoms with van der Waals surface area (Å²) in [6.07, 6.45) is 4.96. The summed E-state index contributed by atoms with van der Waals surface area (Å²) in [5.41, 5.74) is 0.316. The van der Waals surface area contributed by atoms with E-state index in [1.54, 1.807) is 28.0 Å². The standard InChI is InChI=1S/C25H25F2N3O4.In/c26-19-11-18(12-20(27)13-19)21-4-5-22-30(21)24(32)25(34-22)6-8-29(9-7-25)23(31)17-3-1-2-16(10-17)14-33-15-28;/h1-3,10-11,13,15,18,21-22,28H,4-9,12H2;/t18?,21-,22?;/m0./s1. The van der Waals surface area contributed by atoms with Gasteiger partial charge in [0.2, 0.25) is 0 Å². The van der Waals surface area contributed by atoms with Crippen molar-refractivity contribution in [1.82, 2.24) is 9.80 Å². The molecule has 1 aromatic rings. The molecule has 3 atom stereocenters. The normalized spacial score (nSPS) is 27.3. The van der Waals surface area contributed by atoms with Gasteiger partial charge in [0.1, 0.15) is 11.7 Å². The first-order valence-corrected chi connectivity index (χ1v) is 13.4. The van der Waals surface area contributed by atoms with Crippen molar-refractivity contribution >= 4 is 45.5 Å². The van der Waals surface area contributed by atoms with Crippen LogP contribution in [0.15, 0.2) is 48.1 Å². The van der Waals surface area contributed by atoms with Crippen LogP contribution in [-0.4, -0.2) is 86.3 Å². The van der Waals surface area contributed by atoms with Crippen molar-refractivity contribution in [1.29, 1.82) is 5.41 Å². The van der Waals surface area contributed by atoms with Gasteiger partial charge in [-0.25, -0.2) is 8.78 Å². The Morgan fingerprint density at radius 2 is 1.97 bits per heavy atom. The molecule has 0 bridgehead atoms. The molecule has 35 heavy (non-hydrogen) atoms. The van der Waals surface area contributed by atoms with E-state index in [9.17, 15) is 18.4 Å². The summed E-state index contributed by atoms with van der Waals surface area (Å²) in [5.74, 6) is -1.75. The first-order chi connectivity index (χ1) is 16.8. The second kappa shape index (κ2) is 9.61. The SMILES string of the molecule is N=CO[C](=[In])c1cccc(C(=O)N2CCC3(CC2)OC2CC[C@@H](C4C=C(F)C=C(F)C4)N2C3=O)c1. The molecule has 181 valence electrons. The number of piperidine rings is 1. The van der Waals surface area contributed by atoms with Gasteiger partial charge in [0.15, 0.2) is 0 Å². The van der Waals surface area contributed by atoms with Crippen LogP contribution >= 0.6 is 0 Å². The Morgan fingerprint density at radius 3 is 2.69 bits per heavy atom. The van der Waals surface area contributed by atoms with Gasteiger partial charge in [-0.3, -0.25) is 0 Å². The summed E-state index contributed by atoms with van der Waals surface area (Å²) in [6.45, 7) is 0.756. The molecule has 7 nitrogen and oxygen atoms in total. The molecule has 3 saturated heterocycles. The van der Waals surface area contributed by atoms with Crippen LogP contribution in [0.5, 0.6) is 0 Å². The summed E-state index contributed by atoms with van der Waals surface area (Å²) < 4.78 is 39.8. The number of rotatable bonds is 5. The number of amides is 2. The van der Waals surface area contributed by atoms with Crippen molar-refractivity contribution in [3.05, 3.63) is 59.2 Å². The maximum atomic E-state index is 13.9. The number of likely N-dealkylation sites (tertiary alicyclic amines) is 1. The molecule has 4 aliphatic rings. The Hall–Kier alpha value is -2.33. The second-order valence-corrected chi connectivity index (χ2v) is 10.9. The monoisotopic (exact) mass is 584 g/mol. The van der Waals surface area contributed by atoms with Crippen LogP contribution < -0.4 is 0 Å². The topological polar surface area (TPSA) is 82.9 Å². The molecule has 1 spiro atoms. The molecular weight excluding hydrogens is 559 g/mol. The van der Waals surface area contributed by atoms with Gasteiger partial charge in [0, 0.05) is 18.4 Å². The Bertz CT molecular complexity index is 1150. The third-order valence-corrected chi connectivity index (χ3v) is 8.73. The van der Waals surface area contributed by atoms with Crippen molar-refractivity contribution in [3.8, 4) is 0 Å². The van der Waals surface area contributed by atoms with Gasteiger partial charge >= 0.3 is 165 Å². The molecule has 3 heterocycles. The number of hydrogen-bond donors (Lipinski definition) is 1. The fourth-order valence-corrected chi connectivity index (χ4v) is 6.39. The van der Waals surface area contributed by atoms with Crippen LogP contribution in [0.4, 0.5) is 8.78 Å². The molecule has 1 aromatic carbocycles. The average Bonchev–Trinajstić information content (AvgIpc) is 3.36. The number of carbonyl (C=O) groups is 2. The maximum absolute atomic E-state index is 13.9. The van der Waals surface area contributed by atoms with E-state index in [1.165, 1.54) is 6.08 Å². The van der Waals surface area contributed by atoms with Crippen molar-refractivity contribution < 1.29 is 27.8 Å². The van der Waals surface area contributed by atoms with Gasteiger partial charge in [-0.05, 0) is 12.5 Å². The van der Waals surface area contributed by atoms with Crippen molar-refractivity contribution in [2.75, 3.05) is 13.1 Å². The van der Waals surface area contributed by atoms with Crippen LogP contribution in [-0.2, 0) is 14.3 Å². The quantitative estimate of drug-likeness (QED) is 0.427. The van der Waals surface area contributed by atoms with Crippen LogP contribution in [0.3, 0.4) is 0 Å². The predicted octanol–water partition coefficient (Wildman–Crippen LogP) is 3.01. The first-order valence-electron chi connectivity index (χ1n) is 11.7. The summed E-state index contributed by atoms with van der Waals surface area (Å²) in [4.78, 5) is 30.1. The molecule has 5 rings (SSSR count). The number of carbonyl (C=O) groups excluding carboxylic acids is 2. The van der Waals surface area contributed by atoms with Gasteiger partial charge in [-0.1, -0.05) is 0 Å². The van der Waals surface area contributed by atoms with Gasteiger partial charge < -0.3 is 0 Å². The zero-order chi connectivity index (χ0) is 24.7. The Kier molecular flexibility index (Phi) is 6.69. The summed E-state index contributed by atoms with van der Waals surface area (Å²) in [6, 6.07) is 6.85. The Morgan fingerprint density at radius 1 is 1.23 bits per heavy atom. The van der Waals surface area contributed by atoms with E-state index in [-0.39, 0.29) is 30.5 Å². The molecule has 3 aliphatic heterocycles. The number of fused-ring (bicyclic) bond motifs is 1. The number of halogens is 2. The fraction of sp³-hybridized carbons (Fsp3) is 0.440. The van der Waals surface area contributed by atoms with E-state index in [0.717, 1.165) is 18.0 Å². The van der Waals surface area contributed by atoms with E-state index < -0.39 is 23.2 Å². The van der Waals surface area contributed by atoms with E-state index in [4.69, 9.17) is 14.9 Å². The zero-order valence-electron chi connectivity index (χ0n) is 19.1. The van der Waals surface area contributed by atoms with Crippen molar-refractivity contribution in [2.45, 2.75) is 50.0 Å². The molecule has 0 saturated carbocycles. The van der Waals surface area contributed by atoms with Gasteiger partial charge in [0.05, 0.1) is 0 Å². The number of nitrogens with zero attached hydrogens (tertiary/aromatic N) is 2. The van der Waals surface area contributed by atoms with Crippen LogP contribution in [0, 0.1) is 11.3 Å². The predicted molar refractivity (Wildman–Crippen MR) is 125 cm³/mol. The average molecular weight is 584 g/mol. The van der Waals surface area contributed by atoms with E-state index >= 15 is 0 Å². The van der Waals surface area contributed by atoms with E-state index in [1.807, 2.05) is 6.07 Å². The fourth-order valence-electron chi connectivity index (χ4n) is 5.68. The summed E-state index contributed by atoms with van der Waals surface area (Å²) in [5, 5.41) is 7.11. The first kappa shape index (κ1) is 24.4. The van der Waals surface area contributed by atoms with Gasteiger partial charge in [-0.2, -0.15) is 0 Å². The summed E-state index contributed by atoms with van der Waals surface area (Å²) >= 11 is 0.671.